The van der Waals surface area contributed by atoms with E-state index in [1.807, 2.05) is 4.90 Å². The number of carbonyl (C=O) groups excluding carboxylic acids is 1. The van der Waals surface area contributed by atoms with Gasteiger partial charge in [0.15, 0.2) is 0 Å². The quantitative estimate of drug-likeness (QED) is 0.653. The van der Waals surface area contributed by atoms with Crippen LogP contribution in [0.1, 0.15) is 30.4 Å². The van der Waals surface area contributed by atoms with E-state index < -0.39 is 11.7 Å². The second-order valence-electron chi connectivity index (χ2n) is 8.55. The molecule has 0 aliphatic carbocycles. The van der Waals surface area contributed by atoms with Crippen molar-refractivity contribution in [2.45, 2.75) is 44.6 Å². The molecule has 34 heavy (non-hydrogen) atoms. The number of amides is 1. The van der Waals surface area contributed by atoms with Crippen LogP contribution in [0.3, 0.4) is 0 Å². The van der Waals surface area contributed by atoms with Crippen molar-refractivity contribution in [3.05, 3.63) is 46.0 Å². The number of aromatic nitrogens is 3. The van der Waals surface area contributed by atoms with E-state index in [2.05, 4.69) is 20.5 Å². The third-order valence-electron chi connectivity index (χ3n) is 6.25. The van der Waals surface area contributed by atoms with Gasteiger partial charge >= 0.3 is 6.18 Å². The summed E-state index contributed by atoms with van der Waals surface area (Å²) in [6.45, 7) is 4.21. The Labute approximate surface area is 194 Å². The van der Waals surface area contributed by atoms with Crippen LogP contribution in [-0.2, 0) is 15.7 Å². The highest BCUT2D eigenvalue weighted by Crippen LogP contribution is 2.29. The Balaban J connectivity index is 1.21. The van der Waals surface area contributed by atoms with Crippen LogP contribution in [0.25, 0.3) is 0 Å². The molecule has 2 aromatic rings. The fourth-order valence-corrected chi connectivity index (χ4v) is 4.19. The standard InChI is InChI=1S/C22H27F3N6O3/c1-14-18(13-28-29-21(14)33)26-12-17-4-3-16(34-17)10-20(32)31-8-6-30(7-9-31)19-5-2-15(11-27-19)22(23,24)25/h2,5,11,13,16-17H,3-4,6-10,12H2,1H3,(H2,26,29,33)/t16-,17+/m0/s1. The van der Waals surface area contributed by atoms with Crippen molar-refractivity contribution < 1.29 is 22.7 Å². The number of rotatable bonds is 6. The first-order valence-corrected chi connectivity index (χ1v) is 11.2. The maximum absolute atomic E-state index is 12.7. The van der Waals surface area contributed by atoms with Gasteiger partial charge in [0.05, 0.1) is 36.1 Å². The molecule has 2 aliphatic rings. The van der Waals surface area contributed by atoms with Crippen molar-refractivity contribution in [3.8, 4) is 0 Å². The first-order valence-electron chi connectivity index (χ1n) is 11.2. The van der Waals surface area contributed by atoms with Gasteiger partial charge in [0, 0.05) is 44.5 Å². The molecule has 184 valence electrons. The minimum atomic E-state index is -4.41. The summed E-state index contributed by atoms with van der Waals surface area (Å²) in [5, 5.41) is 9.36. The van der Waals surface area contributed by atoms with E-state index >= 15 is 0 Å². The molecule has 4 heterocycles. The van der Waals surface area contributed by atoms with Crippen molar-refractivity contribution >= 4 is 17.4 Å². The Bertz CT molecular complexity index is 1050. The highest BCUT2D eigenvalue weighted by molar-refractivity contribution is 5.77. The number of pyridine rings is 1. The van der Waals surface area contributed by atoms with Crippen molar-refractivity contribution in [3.63, 3.8) is 0 Å². The van der Waals surface area contributed by atoms with E-state index in [4.69, 9.17) is 4.74 Å². The van der Waals surface area contributed by atoms with E-state index in [0.717, 1.165) is 25.1 Å². The Hall–Kier alpha value is -3.15. The molecule has 2 fully saturated rings. The summed E-state index contributed by atoms with van der Waals surface area (Å²) < 4.78 is 44.2. The molecule has 2 N–H and O–H groups in total. The zero-order valence-electron chi connectivity index (χ0n) is 18.8. The first-order chi connectivity index (χ1) is 16.2. The van der Waals surface area contributed by atoms with E-state index in [9.17, 15) is 22.8 Å². The Morgan fingerprint density at radius 1 is 1.18 bits per heavy atom. The van der Waals surface area contributed by atoms with Gasteiger partial charge < -0.3 is 19.9 Å². The average Bonchev–Trinajstić information content (AvgIpc) is 3.27. The summed E-state index contributed by atoms with van der Waals surface area (Å²) >= 11 is 0. The third-order valence-corrected chi connectivity index (χ3v) is 6.25. The van der Waals surface area contributed by atoms with Gasteiger partial charge in [-0.25, -0.2) is 10.1 Å². The fraction of sp³-hybridized carbons (Fsp3) is 0.545. The fourth-order valence-electron chi connectivity index (χ4n) is 4.19. The molecule has 12 heteroatoms. The highest BCUT2D eigenvalue weighted by Gasteiger charge is 2.32. The van der Waals surface area contributed by atoms with Crippen LogP contribution in [0, 0.1) is 6.92 Å². The van der Waals surface area contributed by atoms with Crippen LogP contribution in [0.5, 0.6) is 0 Å². The topological polar surface area (TPSA) is 103 Å². The smallest absolute Gasteiger partial charge is 0.381 e. The SMILES string of the molecule is Cc1c(NC[C@H]2CC[C@@H](CC(=O)N3CCN(c4ccc(C(F)(F)F)cn4)CC3)O2)cn[nH]c1=O. The van der Waals surface area contributed by atoms with Gasteiger partial charge in [-0.1, -0.05) is 0 Å². The predicted molar refractivity (Wildman–Crippen MR) is 119 cm³/mol. The van der Waals surface area contributed by atoms with Gasteiger partial charge in [0.2, 0.25) is 5.91 Å². The number of halogens is 3. The summed E-state index contributed by atoms with van der Waals surface area (Å²) in [7, 11) is 0. The van der Waals surface area contributed by atoms with Crippen LogP contribution in [0.2, 0.25) is 0 Å². The Morgan fingerprint density at radius 3 is 2.59 bits per heavy atom. The number of carbonyl (C=O) groups is 1. The highest BCUT2D eigenvalue weighted by atomic mass is 19.4. The van der Waals surface area contributed by atoms with Crippen LogP contribution >= 0.6 is 0 Å². The number of H-pyrrole nitrogens is 1. The number of aromatic amines is 1. The maximum Gasteiger partial charge on any atom is 0.417 e. The minimum Gasteiger partial charge on any atom is -0.381 e. The molecule has 0 spiro atoms. The zero-order valence-corrected chi connectivity index (χ0v) is 18.8. The number of ether oxygens (including phenoxy) is 1. The summed E-state index contributed by atoms with van der Waals surface area (Å²) in [5.41, 5.74) is 0.201. The lowest BCUT2D eigenvalue weighted by molar-refractivity contribution is -0.138. The maximum atomic E-state index is 12.7. The van der Waals surface area contributed by atoms with Gasteiger partial charge in [-0.2, -0.15) is 18.3 Å². The normalized spacial score (nSPS) is 21.1. The molecule has 0 bridgehead atoms. The van der Waals surface area contributed by atoms with Gasteiger partial charge in [-0.15, -0.1) is 0 Å². The van der Waals surface area contributed by atoms with E-state index in [0.29, 0.717) is 56.2 Å². The summed E-state index contributed by atoms with van der Waals surface area (Å²) in [4.78, 5) is 32.0. The molecular weight excluding hydrogens is 453 g/mol. The molecule has 1 amide bonds. The van der Waals surface area contributed by atoms with Crippen molar-refractivity contribution in [2.75, 3.05) is 42.9 Å². The number of anilines is 2. The monoisotopic (exact) mass is 480 g/mol. The molecule has 2 saturated heterocycles. The Kier molecular flexibility index (Phi) is 7.05. The molecule has 0 saturated carbocycles. The lowest BCUT2D eigenvalue weighted by Gasteiger charge is -2.36. The summed E-state index contributed by atoms with van der Waals surface area (Å²) in [6.07, 6.45) is -0.346. The molecule has 0 radical (unpaired) electrons. The van der Waals surface area contributed by atoms with E-state index in [1.165, 1.54) is 6.07 Å². The van der Waals surface area contributed by atoms with E-state index in [1.54, 1.807) is 18.0 Å². The third kappa shape index (κ3) is 5.66. The number of piperazine rings is 1. The number of hydrogen-bond donors (Lipinski definition) is 2. The summed E-state index contributed by atoms with van der Waals surface area (Å²) in [6, 6.07) is 2.39. The zero-order chi connectivity index (χ0) is 24.3. The molecular formula is C22H27F3N6O3. The number of nitrogens with one attached hydrogen (secondary N) is 2. The molecule has 0 aromatic carbocycles. The second-order valence-corrected chi connectivity index (χ2v) is 8.55. The second kappa shape index (κ2) is 10.00. The van der Waals surface area contributed by atoms with Crippen molar-refractivity contribution in [1.29, 1.82) is 0 Å². The van der Waals surface area contributed by atoms with Crippen LogP contribution in [0.15, 0.2) is 29.3 Å². The van der Waals surface area contributed by atoms with Gasteiger partial charge in [0.1, 0.15) is 5.82 Å². The van der Waals surface area contributed by atoms with Gasteiger partial charge in [-0.05, 0) is 31.9 Å². The molecule has 2 aliphatic heterocycles. The van der Waals surface area contributed by atoms with Crippen LogP contribution in [-0.4, -0.2) is 70.9 Å². The average molecular weight is 480 g/mol. The number of hydrogen-bond acceptors (Lipinski definition) is 7. The Morgan fingerprint density at radius 2 is 1.91 bits per heavy atom. The van der Waals surface area contributed by atoms with Gasteiger partial charge in [0.25, 0.3) is 5.56 Å². The molecule has 4 rings (SSSR count). The van der Waals surface area contributed by atoms with Crippen LogP contribution < -0.4 is 15.8 Å². The lowest BCUT2D eigenvalue weighted by Crippen LogP contribution is -2.49. The minimum absolute atomic E-state index is 0.00766. The van der Waals surface area contributed by atoms with Crippen LogP contribution in [0.4, 0.5) is 24.7 Å². The number of alkyl halides is 3. The van der Waals surface area contributed by atoms with Gasteiger partial charge in [-0.3, -0.25) is 9.59 Å². The molecule has 2 atom stereocenters. The summed E-state index contributed by atoms with van der Waals surface area (Å²) in [5.74, 6) is 0.480. The molecule has 2 aromatic heterocycles. The number of nitrogens with zero attached hydrogens (tertiary/aromatic N) is 4. The first kappa shape index (κ1) is 24.0. The molecule has 9 nitrogen and oxygen atoms in total. The lowest BCUT2D eigenvalue weighted by atomic mass is 10.1. The van der Waals surface area contributed by atoms with Crippen molar-refractivity contribution in [1.82, 2.24) is 20.1 Å². The largest absolute Gasteiger partial charge is 0.417 e. The van der Waals surface area contributed by atoms with E-state index in [-0.39, 0.29) is 23.7 Å². The van der Waals surface area contributed by atoms with Crippen molar-refractivity contribution in [2.24, 2.45) is 0 Å². The predicted octanol–water partition coefficient (Wildman–Crippen LogP) is 2.19. The molecule has 0 unspecified atom stereocenters.